The molecule has 136 valence electrons. The van der Waals surface area contributed by atoms with Gasteiger partial charge in [-0.25, -0.2) is 4.39 Å². The van der Waals surface area contributed by atoms with E-state index in [1.165, 1.54) is 6.07 Å². The Labute approximate surface area is 170 Å². The van der Waals surface area contributed by atoms with E-state index in [9.17, 15) is 4.39 Å². The molecular weight excluding hydrogens is 442 g/mol. The summed E-state index contributed by atoms with van der Waals surface area (Å²) in [5.74, 6) is 0.521. The van der Waals surface area contributed by atoms with Crippen molar-refractivity contribution < 1.29 is 4.39 Å². The lowest BCUT2D eigenvalue weighted by Crippen LogP contribution is -2.38. The van der Waals surface area contributed by atoms with Gasteiger partial charge in [0.2, 0.25) is 0 Å². The maximum atomic E-state index is 13.6. The predicted molar refractivity (Wildman–Crippen MR) is 115 cm³/mol. The highest BCUT2D eigenvalue weighted by Gasteiger charge is 2.04. The molecule has 1 heterocycles. The molecule has 26 heavy (non-hydrogen) atoms. The van der Waals surface area contributed by atoms with Crippen LogP contribution in [0.1, 0.15) is 11.1 Å². The molecule has 0 radical (unpaired) electrons. The molecule has 3 rings (SSSR count). The Hall–Kier alpha value is -2.22. The average Bonchev–Trinajstić information content (AvgIpc) is 2.66. The first-order valence-corrected chi connectivity index (χ1v) is 8.28. The molecule has 0 bridgehead atoms. The summed E-state index contributed by atoms with van der Waals surface area (Å²) in [4.78, 5) is 8.59. The van der Waals surface area contributed by atoms with Gasteiger partial charge in [0.1, 0.15) is 5.82 Å². The molecule has 2 N–H and O–H groups in total. The summed E-state index contributed by atoms with van der Waals surface area (Å²) in [6.45, 7) is 1.25. The lowest BCUT2D eigenvalue weighted by molar-refractivity contribution is 0.606. The number of hydrogen-bond acceptors (Lipinski definition) is 2. The molecule has 0 saturated carbocycles. The topological polar surface area (TPSA) is 49.3 Å². The highest BCUT2D eigenvalue weighted by molar-refractivity contribution is 14.0. The Morgan fingerprint density at radius 2 is 1.77 bits per heavy atom. The minimum Gasteiger partial charge on any atom is -0.356 e. The van der Waals surface area contributed by atoms with Gasteiger partial charge >= 0.3 is 0 Å². The Morgan fingerprint density at radius 3 is 2.58 bits per heavy atom. The zero-order valence-corrected chi connectivity index (χ0v) is 16.9. The summed E-state index contributed by atoms with van der Waals surface area (Å²) < 4.78 is 13.6. The molecule has 0 fully saturated rings. The Balaban J connectivity index is 0.00000243. The molecule has 3 aromatic rings. The van der Waals surface area contributed by atoms with Crippen LogP contribution in [-0.2, 0) is 13.0 Å². The van der Waals surface area contributed by atoms with E-state index in [1.54, 1.807) is 19.2 Å². The van der Waals surface area contributed by atoms with Crippen molar-refractivity contribution in [1.82, 2.24) is 15.6 Å². The monoisotopic (exact) mass is 464 g/mol. The van der Waals surface area contributed by atoms with Gasteiger partial charge in [-0.05, 0) is 35.7 Å². The van der Waals surface area contributed by atoms with E-state index in [-0.39, 0.29) is 29.8 Å². The standard InChI is InChI=1S/C20H21FN4.HI/c1-22-20(24-13-10-15-6-2-4-8-18(15)21)25-14-16-11-12-23-19-9-5-3-7-17(16)19;/h2-9,11-12H,10,13-14H2,1H3,(H2,22,24,25);1H. The van der Waals surface area contributed by atoms with E-state index in [0.717, 1.165) is 16.5 Å². The van der Waals surface area contributed by atoms with Crippen LogP contribution in [0.4, 0.5) is 4.39 Å². The van der Waals surface area contributed by atoms with E-state index in [1.807, 2.05) is 36.5 Å². The number of hydrogen-bond donors (Lipinski definition) is 2. The Bertz CT molecular complexity index is 877. The average molecular weight is 464 g/mol. The van der Waals surface area contributed by atoms with E-state index in [4.69, 9.17) is 0 Å². The summed E-state index contributed by atoms with van der Waals surface area (Å²) in [6.07, 6.45) is 2.42. The molecule has 0 aliphatic rings. The van der Waals surface area contributed by atoms with Crippen molar-refractivity contribution in [3.63, 3.8) is 0 Å². The van der Waals surface area contributed by atoms with Crippen molar-refractivity contribution in [3.05, 3.63) is 77.7 Å². The van der Waals surface area contributed by atoms with E-state index in [0.29, 0.717) is 31.0 Å². The van der Waals surface area contributed by atoms with Crippen LogP contribution in [0.15, 0.2) is 65.8 Å². The molecule has 2 aromatic carbocycles. The highest BCUT2D eigenvalue weighted by atomic mass is 127. The molecule has 0 saturated heterocycles. The molecular formula is C20H22FIN4. The second-order valence-electron chi connectivity index (χ2n) is 5.68. The smallest absolute Gasteiger partial charge is 0.191 e. The number of benzene rings is 2. The van der Waals surface area contributed by atoms with Crippen LogP contribution in [0.2, 0.25) is 0 Å². The van der Waals surface area contributed by atoms with Crippen LogP contribution in [0, 0.1) is 5.82 Å². The summed E-state index contributed by atoms with van der Waals surface area (Å²) in [6, 6.07) is 16.9. The van der Waals surface area contributed by atoms with Crippen molar-refractivity contribution in [1.29, 1.82) is 0 Å². The zero-order valence-electron chi connectivity index (χ0n) is 14.6. The summed E-state index contributed by atoms with van der Waals surface area (Å²) in [7, 11) is 1.73. The number of aromatic nitrogens is 1. The number of halogens is 2. The number of para-hydroxylation sites is 1. The SMILES string of the molecule is CN=C(NCCc1ccccc1F)NCc1ccnc2ccccc12.I. The van der Waals surface area contributed by atoms with Crippen LogP contribution in [0.3, 0.4) is 0 Å². The van der Waals surface area contributed by atoms with Gasteiger partial charge in [0.15, 0.2) is 5.96 Å². The fourth-order valence-corrected chi connectivity index (χ4v) is 2.73. The second kappa shape index (κ2) is 10.1. The Kier molecular flexibility index (Phi) is 7.77. The summed E-state index contributed by atoms with van der Waals surface area (Å²) in [5, 5.41) is 7.64. The van der Waals surface area contributed by atoms with E-state index in [2.05, 4.69) is 26.7 Å². The van der Waals surface area contributed by atoms with Gasteiger partial charge in [0.05, 0.1) is 5.52 Å². The minimum atomic E-state index is -0.171. The second-order valence-corrected chi connectivity index (χ2v) is 5.68. The molecule has 1 aromatic heterocycles. The number of nitrogens with zero attached hydrogens (tertiary/aromatic N) is 2. The van der Waals surface area contributed by atoms with Gasteiger partial charge in [-0.15, -0.1) is 24.0 Å². The summed E-state index contributed by atoms with van der Waals surface area (Å²) in [5.41, 5.74) is 2.83. The third-order valence-corrected chi connectivity index (χ3v) is 4.05. The Morgan fingerprint density at radius 1 is 1.00 bits per heavy atom. The minimum absolute atomic E-state index is 0. The largest absolute Gasteiger partial charge is 0.356 e. The lowest BCUT2D eigenvalue weighted by atomic mass is 10.1. The zero-order chi connectivity index (χ0) is 17.5. The van der Waals surface area contributed by atoms with Crippen molar-refractivity contribution in [2.24, 2.45) is 4.99 Å². The van der Waals surface area contributed by atoms with Gasteiger partial charge in [0.25, 0.3) is 0 Å². The maximum Gasteiger partial charge on any atom is 0.191 e. The number of pyridine rings is 1. The normalized spacial score (nSPS) is 11.1. The van der Waals surface area contributed by atoms with Crippen molar-refractivity contribution in [2.75, 3.05) is 13.6 Å². The number of guanidine groups is 1. The maximum absolute atomic E-state index is 13.6. The van der Waals surface area contributed by atoms with Gasteiger partial charge in [-0.3, -0.25) is 9.98 Å². The van der Waals surface area contributed by atoms with Crippen molar-refractivity contribution in [2.45, 2.75) is 13.0 Å². The highest BCUT2D eigenvalue weighted by Crippen LogP contribution is 2.15. The van der Waals surface area contributed by atoms with Crippen LogP contribution in [0.5, 0.6) is 0 Å². The van der Waals surface area contributed by atoms with Crippen LogP contribution in [-0.4, -0.2) is 24.5 Å². The van der Waals surface area contributed by atoms with Gasteiger partial charge < -0.3 is 10.6 Å². The number of aliphatic imine (C=N–C) groups is 1. The molecule has 0 atom stereocenters. The van der Waals surface area contributed by atoms with Crippen LogP contribution >= 0.6 is 24.0 Å². The van der Waals surface area contributed by atoms with Crippen LogP contribution < -0.4 is 10.6 Å². The predicted octanol–water partition coefficient (Wildman–Crippen LogP) is 3.90. The molecule has 0 aliphatic carbocycles. The third-order valence-electron chi connectivity index (χ3n) is 4.05. The fourth-order valence-electron chi connectivity index (χ4n) is 2.73. The molecule has 4 nitrogen and oxygen atoms in total. The molecule has 0 unspecified atom stereocenters. The van der Waals surface area contributed by atoms with E-state index >= 15 is 0 Å². The molecule has 0 spiro atoms. The molecule has 6 heteroatoms. The number of nitrogens with one attached hydrogen (secondary N) is 2. The van der Waals surface area contributed by atoms with Gasteiger partial charge in [0, 0.05) is 31.7 Å². The van der Waals surface area contributed by atoms with E-state index < -0.39 is 0 Å². The fraction of sp³-hybridized carbons (Fsp3) is 0.200. The van der Waals surface area contributed by atoms with Crippen molar-refractivity contribution in [3.8, 4) is 0 Å². The van der Waals surface area contributed by atoms with Gasteiger partial charge in [-0.2, -0.15) is 0 Å². The number of fused-ring (bicyclic) bond motifs is 1. The van der Waals surface area contributed by atoms with Crippen molar-refractivity contribution >= 4 is 40.8 Å². The first-order valence-electron chi connectivity index (χ1n) is 8.28. The first kappa shape index (κ1) is 20.1. The third kappa shape index (κ3) is 5.14. The molecule has 0 amide bonds. The lowest BCUT2D eigenvalue weighted by Gasteiger charge is -2.13. The quantitative estimate of drug-likeness (QED) is 0.342. The van der Waals surface area contributed by atoms with Crippen LogP contribution in [0.25, 0.3) is 10.9 Å². The first-order chi connectivity index (χ1) is 12.3. The summed E-state index contributed by atoms with van der Waals surface area (Å²) >= 11 is 0. The van der Waals surface area contributed by atoms with Gasteiger partial charge in [-0.1, -0.05) is 36.4 Å². The molecule has 0 aliphatic heterocycles. The number of rotatable bonds is 5.